The van der Waals surface area contributed by atoms with Gasteiger partial charge in [-0.2, -0.15) is 10.4 Å². The van der Waals surface area contributed by atoms with Crippen LogP contribution in [0.1, 0.15) is 76.3 Å². The monoisotopic (exact) mass is 528 g/mol. The quantitative estimate of drug-likeness (QED) is 0.500. The van der Waals surface area contributed by atoms with E-state index in [-0.39, 0.29) is 35.7 Å². The summed E-state index contributed by atoms with van der Waals surface area (Å²) in [7, 11) is 0. The minimum absolute atomic E-state index is 0.0415. The number of hydrogen-bond acceptors (Lipinski definition) is 5. The maximum absolute atomic E-state index is 12.9. The maximum atomic E-state index is 12.9. The Hall–Kier alpha value is -3.70. The minimum atomic E-state index is -0.161. The number of nitrogens with zero attached hydrogens (tertiary/aromatic N) is 5. The molecule has 2 amide bonds. The summed E-state index contributed by atoms with van der Waals surface area (Å²) in [6, 6.07) is 7.48. The first-order valence-corrected chi connectivity index (χ1v) is 13.4. The van der Waals surface area contributed by atoms with Crippen molar-refractivity contribution in [1.29, 1.82) is 5.26 Å². The van der Waals surface area contributed by atoms with Gasteiger partial charge in [0.25, 0.3) is 5.91 Å². The fourth-order valence-corrected chi connectivity index (χ4v) is 6.09. The molecule has 6 rings (SSSR count). The van der Waals surface area contributed by atoms with Gasteiger partial charge in [-0.15, -0.1) is 0 Å². The molecule has 3 aliphatic rings. The molecule has 0 radical (unpaired) electrons. The molecule has 0 bridgehead atoms. The predicted octanol–water partition coefficient (Wildman–Crippen LogP) is 4.69. The molecule has 1 N–H and O–H groups in total. The molecule has 8 nitrogen and oxygen atoms in total. The van der Waals surface area contributed by atoms with Crippen molar-refractivity contribution in [2.45, 2.75) is 58.0 Å². The molecule has 2 saturated carbocycles. The highest BCUT2D eigenvalue weighted by Crippen LogP contribution is 2.47. The van der Waals surface area contributed by atoms with Crippen LogP contribution in [0.2, 0.25) is 5.02 Å². The molecule has 3 aromatic rings. The zero-order chi connectivity index (χ0) is 26.7. The highest BCUT2D eigenvalue weighted by molar-refractivity contribution is 6.30. The number of piperidine rings is 1. The van der Waals surface area contributed by atoms with Crippen molar-refractivity contribution in [1.82, 2.24) is 20.1 Å². The Balaban J connectivity index is 1.11. The fraction of sp³-hybridized carbons (Fsp3) is 0.414. The van der Waals surface area contributed by atoms with Gasteiger partial charge in [0.1, 0.15) is 5.82 Å². The zero-order valence-electron chi connectivity index (χ0n) is 21.6. The summed E-state index contributed by atoms with van der Waals surface area (Å²) >= 11 is 6.13. The largest absolute Gasteiger partial charge is 0.349 e. The summed E-state index contributed by atoms with van der Waals surface area (Å²) in [6.07, 6.45) is 7.74. The Bertz CT molecular complexity index is 1500. The van der Waals surface area contributed by atoms with Crippen LogP contribution in [0.4, 0.5) is 5.82 Å². The highest BCUT2D eigenvalue weighted by Gasteiger charge is 2.53. The van der Waals surface area contributed by atoms with E-state index in [9.17, 15) is 14.9 Å². The van der Waals surface area contributed by atoms with Gasteiger partial charge in [-0.05, 0) is 92.3 Å². The lowest BCUT2D eigenvalue weighted by Gasteiger charge is -2.36. The number of nitriles is 1. The number of carbonyl (C=O) groups excluding carboxylic acids is 2. The van der Waals surface area contributed by atoms with Crippen molar-refractivity contribution in [2.75, 3.05) is 11.4 Å². The Morgan fingerprint density at radius 2 is 2.00 bits per heavy atom. The molecule has 194 valence electrons. The van der Waals surface area contributed by atoms with Gasteiger partial charge >= 0.3 is 0 Å². The molecule has 38 heavy (non-hydrogen) atoms. The second-order valence-corrected chi connectivity index (χ2v) is 11.3. The average Bonchev–Trinajstić information content (AvgIpc) is 3.33. The van der Waals surface area contributed by atoms with Gasteiger partial charge in [-0.3, -0.25) is 19.2 Å². The third-order valence-corrected chi connectivity index (χ3v) is 8.83. The second kappa shape index (κ2) is 9.25. The lowest BCUT2D eigenvalue weighted by molar-refractivity contribution is -0.118. The fourth-order valence-electron chi connectivity index (χ4n) is 5.91. The summed E-state index contributed by atoms with van der Waals surface area (Å²) in [5, 5.41) is 17.6. The first-order chi connectivity index (χ1) is 18.2. The van der Waals surface area contributed by atoms with Gasteiger partial charge < -0.3 is 5.32 Å². The van der Waals surface area contributed by atoms with Gasteiger partial charge in [-0.1, -0.05) is 11.6 Å². The Kier molecular flexibility index (Phi) is 5.99. The number of halogens is 1. The number of amides is 2. The van der Waals surface area contributed by atoms with E-state index in [0.717, 1.165) is 53.9 Å². The van der Waals surface area contributed by atoms with Crippen LogP contribution in [0.25, 0.3) is 0 Å². The van der Waals surface area contributed by atoms with Crippen molar-refractivity contribution < 1.29 is 9.59 Å². The first kappa shape index (κ1) is 24.6. The normalized spacial score (nSPS) is 24.4. The Labute approximate surface area is 226 Å². The molecule has 9 heteroatoms. The summed E-state index contributed by atoms with van der Waals surface area (Å²) in [4.78, 5) is 32.0. The van der Waals surface area contributed by atoms with Crippen LogP contribution in [-0.4, -0.2) is 39.2 Å². The van der Waals surface area contributed by atoms with Crippen LogP contribution < -0.4 is 10.2 Å². The summed E-state index contributed by atoms with van der Waals surface area (Å²) in [5.41, 5.74) is 5.18. The third-order valence-electron chi connectivity index (χ3n) is 8.59. The van der Waals surface area contributed by atoms with Crippen molar-refractivity contribution in [3.63, 3.8) is 0 Å². The first-order valence-electron chi connectivity index (χ1n) is 13.1. The topological polar surface area (TPSA) is 104 Å². The van der Waals surface area contributed by atoms with E-state index in [1.165, 1.54) is 0 Å². The van der Waals surface area contributed by atoms with Crippen LogP contribution in [0, 0.1) is 37.0 Å². The van der Waals surface area contributed by atoms with Crippen LogP contribution in [0.3, 0.4) is 0 Å². The van der Waals surface area contributed by atoms with E-state index in [1.807, 2.05) is 31.0 Å². The van der Waals surface area contributed by atoms with E-state index in [1.54, 1.807) is 29.2 Å². The van der Waals surface area contributed by atoms with Gasteiger partial charge in [-0.25, -0.2) is 4.98 Å². The lowest BCUT2D eigenvalue weighted by atomic mass is 9.74. The lowest BCUT2D eigenvalue weighted by Crippen LogP contribution is -2.43. The third kappa shape index (κ3) is 4.15. The van der Waals surface area contributed by atoms with Gasteiger partial charge in [0.15, 0.2) is 0 Å². The summed E-state index contributed by atoms with van der Waals surface area (Å²) in [6.45, 7) is 6.86. The van der Waals surface area contributed by atoms with Crippen LogP contribution in [0.5, 0.6) is 0 Å². The number of carbonyl (C=O) groups is 2. The van der Waals surface area contributed by atoms with Crippen LogP contribution in [-0.2, 0) is 4.79 Å². The molecular formula is C29H29ClN6O2. The number of rotatable bonds is 6. The minimum Gasteiger partial charge on any atom is -0.349 e. The van der Waals surface area contributed by atoms with E-state index >= 15 is 0 Å². The molecule has 1 saturated heterocycles. The molecule has 3 atom stereocenters. The van der Waals surface area contributed by atoms with E-state index in [4.69, 9.17) is 11.6 Å². The standard InChI is InChI=1S/C29H29ClN6O2/c1-15-16(2)27(35-13-20-8-25(20)29(35)38)32-12-26(15)17(3)36-14-21(11-33-36)28(37)34-23-6-19(7-23)24-9-22(30)5-4-18(24)10-31/h4-5,9,11-12,14,17,19-20,23,25H,6-8,13H2,1-3H3,(H,34,37)/t17?,19-,20-,23+,25-/m1/s1. The molecular weight excluding hydrogens is 500 g/mol. The molecule has 1 aromatic carbocycles. The SMILES string of the molecule is Cc1c(C(C)n2cc(C(=O)N[C@H]3C[C@@H](c4cc(Cl)ccc4C#N)C3)cn2)cnc(N2C[C@H]3C[C@H]3C2=O)c1C. The van der Waals surface area contributed by atoms with Crippen molar-refractivity contribution in [3.8, 4) is 6.07 Å². The average molecular weight is 529 g/mol. The molecule has 2 aliphatic carbocycles. The van der Waals surface area contributed by atoms with E-state index in [2.05, 4.69) is 28.4 Å². The zero-order valence-corrected chi connectivity index (χ0v) is 22.4. The van der Waals surface area contributed by atoms with E-state index in [0.29, 0.717) is 22.1 Å². The van der Waals surface area contributed by atoms with Gasteiger partial charge in [0.05, 0.1) is 29.4 Å². The second-order valence-electron chi connectivity index (χ2n) is 10.9. The van der Waals surface area contributed by atoms with Gasteiger partial charge in [0.2, 0.25) is 5.91 Å². The number of hydrogen-bond donors (Lipinski definition) is 1. The summed E-state index contributed by atoms with van der Waals surface area (Å²) < 4.78 is 1.78. The number of pyridine rings is 1. The number of fused-ring (bicyclic) bond motifs is 1. The number of aromatic nitrogens is 3. The van der Waals surface area contributed by atoms with Crippen molar-refractivity contribution in [3.05, 3.63) is 75.2 Å². The Morgan fingerprint density at radius 1 is 1.21 bits per heavy atom. The number of anilines is 1. The molecule has 0 spiro atoms. The van der Waals surface area contributed by atoms with E-state index < -0.39 is 0 Å². The van der Waals surface area contributed by atoms with Crippen molar-refractivity contribution >= 4 is 29.2 Å². The van der Waals surface area contributed by atoms with Gasteiger partial charge in [0, 0.05) is 35.9 Å². The highest BCUT2D eigenvalue weighted by atomic mass is 35.5. The number of benzene rings is 1. The maximum Gasteiger partial charge on any atom is 0.254 e. The predicted molar refractivity (Wildman–Crippen MR) is 143 cm³/mol. The molecule has 2 aromatic heterocycles. The molecule has 1 unspecified atom stereocenters. The van der Waals surface area contributed by atoms with Crippen molar-refractivity contribution in [2.24, 2.45) is 11.8 Å². The van der Waals surface area contributed by atoms with Crippen LogP contribution >= 0.6 is 11.6 Å². The van der Waals surface area contributed by atoms with Crippen LogP contribution in [0.15, 0.2) is 36.8 Å². The summed E-state index contributed by atoms with van der Waals surface area (Å²) in [5.74, 6) is 1.69. The molecule has 1 aliphatic heterocycles. The molecule has 3 fully saturated rings. The Morgan fingerprint density at radius 3 is 2.71 bits per heavy atom. The number of nitrogens with one attached hydrogen (secondary N) is 1. The smallest absolute Gasteiger partial charge is 0.254 e. The molecule has 3 heterocycles.